The Morgan fingerprint density at radius 3 is 2.75 bits per heavy atom. The van der Waals surface area contributed by atoms with Gasteiger partial charge < -0.3 is 10.6 Å². The SMILES string of the molecule is CC(NC(=O)CCN1C(=O)NC2(CCCC2)C1=O)c1ccc(Cl)s1. The van der Waals surface area contributed by atoms with Crippen LogP contribution in [-0.4, -0.2) is 34.8 Å². The number of carbonyl (C=O) groups excluding carboxylic acids is 3. The van der Waals surface area contributed by atoms with Crippen molar-refractivity contribution in [1.29, 1.82) is 0 Å². The molecular weight excluding hydrogens is 350 g/mol. The van der Waals surface area contributed by atoms with E-state index in [-0.39, 0.29) is 36.9 Å². The molecule has 130 valence electrons. The number of rotatable bonds is 5. The Labute approximate surface area is 149 Å². The molecule has 4 amide bonds. The van der Waals surface area contributed by atoms with Gasteiger partial charge in [-0.25, -0.2) is 4.79 Å². The van der Waals surface area contributed by atoms with Crippen molar-refractivity contribution < 1.29 is 14.4 Å². The van der Waals surface area contributed by atoms with Gasteiger partial charge in [0.15, 0.2) is 0 Å². The van der Waals surface area contributed by atoms with Crippen LogP contribution >= 0.6 is 22.9 Å². The summed E-state index contributed by atoms with van der Waals surface area (Å²) < 4.78 is 0.673. The van der Waals surface area contributed by atoms with Crippen LogP contribution < -0.4 is 10.6 Å². The summed E-state index contributed by atoms with van der Waals surface area (Å²) in [6.45, 7) is 1.98. The summed E-state index contributed by atoms with van der Waals surface area (Å²) in [5.74, 6) is -0.379. The molecule has 2 heterocycles. The van der Waals surface area contributed by atoms with Crippen LogP contribution in [0.4, 0.5) is 4.79 Å². The fraction of sp³-hybridized carbons (Fsp3) is 0.562. The Bertz CT molecular complexity index is 669. The van der Waals surface area contributed by atoms with Crippen molar-refractivity contribution in [2.45, 2.75) is 50.6 Å². The molecule has 1 saturated carbocycles. The Morgan fingerprint density at radius 2 is 2.12 bits per heavy atom. The highest BCUT2D eigenvalue weighted by Crippen LogP contribution is 2.35. The van der Waals surface area contributed by atoms with Crippen LogP contribution in [0.5, 0.6) is 0 Å². The van der Waals surface area contributed by atoms with Crippen LogP contribution in [-0.2, 0) is 9.59 Å². The van der Waals surface area contributed by atoms with E-state index >= 15 is 0 Å². The quantitative estimate of drug-likeness (QED) is 0.783. The van der Waals surface area contributed by atoms with E-state index in [4.69, 9.17) is 11.6 Å². The summed E-state index contributed by atoms with van der Waals surface area (Å²) >= 11 is 7.31. The van der Waals surface area contributed by atoms with Gasteiger partial charge in [-0.1, -0.05) is 24.4 Å². The Balaban J connectivity index is 1.53. The van der Waals surface area contributed by atoms with Gasteiger partial charge in [0.25, 0.3) is 5.91 Å². The minimum Gasteiger partial charge on any atom is -0.349 e. The number of urea groups is 1. The molecule has 1 atom stereocenters. The van der Waals surface area contributed by atoms with Gasteiger partial charge in [-0.2, -0.15) is 0 Å². The maximum atomic E-state index is 12.5. The Morgan fingerprint density at radius 1 is 1.42 bits per heavy atom. The zero-order valence-corrected chi connectivity index (χ0v) is 15.0. The van der Waals surface area contributed by atoms with Crippen molar-refractivity contribution >= 4 is 40.8 Å². The zero-order valence-electron chi connectivity index (χ0n) is 13.4. The normalized spacial score (nSPS) is 20.5. The van der Waals surface area contributed by atoms with Gasteiger partial charge in [-0.15, -0.1) is 11.3 Å². The largest absolute Gasteiger partial charge is 0.349 e. The van der Waals surface area contributed by atoms with Gasteiger partial charge in [0.2, 0.25) is 5.91 Å². The maximum absolute atomic E-state index is 12.5. The van der Waals surface area contributed by atoms with E-state index in [2.05, 4.69) is 10.6 Å². The summed E-state index contributed by atoms with van der Waals surface area (Å²) in [5.41, 5.74) is -0.714. The second kappa shape index (κ2) is 6.72. The molecule has 1 spiro atoms. The van der Waals surface area contributed by atoms with E-state index in [1.807, 2.05) is 13.0 Å². The molecule has 1 aliphatic heterocycles. The maximum Gasteiger partial charge on any atom is 0.325 e. The molecular formula is C16H20ClN3O3S. The van der Waals surface area contributed by atoms with Crippen LogP contribution in [0.2, 0.25) is 4.34 Å². The van der Waals surface area contributed by atoms with Crippen molar-refractivity contribution in [3.63, 3.8) is 0 Å². The Kier molecular flexibility index (Phi) is 4.83. The van der Waals surface area contributed by atoms with Crippen LogP contribution in [0.1, 0.15) is 49.9 Å². The first-order valence-electron chi connectivity index (χ1n) is 8.10. The molecule has 2 fully saturated rings. The molecule has 1 aromatic heterocycles. The van der Waals surface area contributed by atoms with E-state index in [0.717, 1.165) is 17.7 Å². The van der Waals surface area contributed by atoms with E-state index in [9.17, 15) is 14.4 Å². The molecule has 2 aliphatic rings. The first-order chi connectivity index (χ1) is 11.4. The first-order valence-corrected chi connectivity index (χ1v) is 9.29. The van der Waals surface area contributed by atoms with Crippen LogP contribution in [0.15, 0.2) is 12.1 Å². The minimum absolute atomic E-state index is 0.0959. The number of carbonyl (C=O) groups is 3. The molecule has 1 aromatic rings. The van der Waals surface area contributed by atoms with Crippen LogP contribution in [0.25, 0.3) is 0 Å². The van der Waals surface area contributed by atoms with Crippen molar-refractivity contribution in [3.05, 3.63) is 21.3 Å². The fourth-order valence-corrected chi connectivity index (χ4v) is 4.42. The molecule has 0 bridgehead atoms. The number of nitrogens with one attached hydrogen (secondary N) is 2. The standard InChI is InChI=1S/C16H20ClN3O3S/c1-10(11-4-5-12(17)24-11)18-13(21)6-9-20-14(22)16(19-15(20)23)7-2-3-8-16/h4-5,10H,2-3,6-9H2,1H3,(H,18,21)(H,19,23). The summed E-state index contributed by atoms with van der Waals surface area (Å²) in [6, 6.07) is 3.13. The van der Waals surface area contributed by atoms with Gasteiger partial charge in [-0.3, -0.25) is 14.5 Å². The number of hydrogen-bond acceptors (Lipinski definition) is 4. The number of hydrogen-bond donors (Lipinski definition) is 2. The lowest BCUT2D eigenvalue weighted by Crippen LogP contribution is -2.44. The third kappa shape index (κ3) is 3.28. The predicted molar refractivity (Wildman–Crippen MR) is 91.9 cm³/mol. The topological polar surface area (TPSA) is 78.5 Å². The molecule has 3 rings (SSSR count). The molecule has 8 heteroatoms. The molecule has 1 aliphatic carbocycles. The van der Waals surface area contributed by atoms with Crippen molar-refractivity contribution in [2.75, 3.05) is 6.54 Å². The Hall–Kier alpha value is -1.60. The van der Waals surface area contributed by atoms with Gasteiger partial charge >= 0.3 is 6.03 Å². The van der Waals surface area contributed by atoms with E-state index in [0.29, 0.717) is 17.2 Å². The van der Waals surface area contributed by atoms with Gasteiger partial charge in [-0.05, 0) is 31.9 Å². The lowest BCUT2D eigenvalue weighted by molar-refractivity contribution is -0.131. The van der Waals surface area contributed by atoms with Gasteiger partial charge in [0.05, 0.1) is 10.4 Å². The highest BCUT2D eigenvalue weighted by atomic mass is 35.5. The summed E-state index contributed by atoms with van der Waals surface area (Å²) in [7, 11) is 0. The second-order valence-electron chi connectivity index (χ2n) is 6.36. The lowest BCUT2D eigenvalue weighted by Gasteiger charge is -2.20. The third-order valence-electron chi connectivity index (χ3n) is 4.66. The van der Waals surface area contributed by atoms with Crippen molar-refractivity contribution in [3.8, 4) is 0 Å². The number of imide groups is 1. The van der Waals surface area contributed by atoms with E-state index in [1.165, 1.54) is 16.2 Å². The van der Waals surface area contributed by atoms with E-state index in [1.54, 1.807) is 6.07 Å². The number of thiophene rings is 1. The van der Waals surface area contributed by atoms with Gasteiger partial charge in [0, 0.05) is 17.8 Å². The monoisotopic (exact) mass is 369 g/mol. The van der Waals surface area contributed by atoms with Crippen LogP contribution in [0.3, 0.4) is 0 Å². The number of nitrogens with zero attached hydrogens (tertiary/aromatic N) is 1. The molecule has 1 unspecified atom stereocenters. The van der Waals surface area contributed by atoms with E-state index < -0.39 is 5.54 Å². The molecule has 0 radical (unpaired) electrons. The lowest BCUT2D eigenvalue weighted by atomic mass is 9.98. The summed E-state index contributed by atoms with van der Waals surface area (Å²) in [4.78, 5) is 38.8. The predicted octanol–water partition coefficient (Wildman–Crippen LogP) is 2.83. The van der Waals surface area contributed by atoms with Gasteiger partial charge in [0.1, 0.15) is 5.54 Å². The number of halogens is 1. The average molecular weight is 370 g/mol. The highest BCUT2D eigenvalue weighted by molar-refractivity contribution is 7.16. The molecule has 24 heavy (non-hydrogen) atoms. The molecule has 6 nitrogen and oxygen atoms in total. The average Bonchev–Trinajstić information content (AvgIpc) is 3.21. The third-order valence-corrected chi connectivity index (χ3v) is 6.08. The summed E-state index contributed by atoms with van der Waals surface area (Å²) in [5, 5.41) is 5.68. The summed E-state index contributed by atoms with van der Waals surface area (Å²) in [6.07, 6.45) is 3.37. The zero-order chi connectivity index (χ0) is 17.3. The first kappa shape index (κ1) is 17.2. The van der Waals surface area contributed by atoms with Crippen molar-refractivity contribution in [1.82, 2.24) is 15.5 Å². The smallest absolute Gasteiger partial charge is 0.325 e. The molecule has 0 aromatic carbocycles. The second-order valence-corrected chi connectivity index (χ2v) is 8.10. The number of amides is 4. The van der Waals surface area contributed by atoms with Crippen molar-refractivity contribution in [2.24, 2.45) is 0 Å². The van der Waals surface area contributed by atoms with Crippen LogP contribution in [0, 0.1) is 0 Å². The highest BCUT2D eigenvalue weighted by Gasteiger charge is 2.52. The minimum atomic E-state index is -0.714. The molecule has 1 saturated heterocycles. The molecule has 2 N–H and O–H groups in total. The fourth-order valence-electron chi connectivity index (χ4n) is 3.36.